The number of fused-ring (bicyclic) bond motifs is 1. The number of nitrogens with one attached hydrogen (secondary N) is 2. The number of carboxylic acid groups (broad SMARTS) is 1. The first kappa shape index (κ1) is 25.0. The summed E-state index contributed by atoms with van der Waals surface area (Å²) < 4.78 is 24.4. The van der Waals surface area contributed by atoms with Gasteiger partial charge in [-0.1, -0.05) is 23.0 Å². The first-order valence-corrected chi connectivity index (χ1v) is 13.6. The van der Waals surface area contributed by atoms with Crippen LogP contribution in [0.1, 0.15) is 5.69 Å². The summed E-state index contributed by atoms with van der Waals surface area (Å²) in [5.41, 5.74) is 4.94. The standard InChI is InChI=1S/C16H18N6O7S4/c1-33(28,29)18-3-2-4-30-8-6-31-14-10(13(24)22(14)11(8)15(25)26)20-12(23)9(21-27)7-5-32-16(17)19-7/h2,4-5,10,14,18,27H,3,6H2,1H3,(H2,17,19)(H,20,23)(H,25,26)/b4-2-,21-9-/t10?,14-/m1/s1. The van der Waals surface area contributed by atoms with Crippen LogP contribution in [-0.2, 0) is 24.4 Å². The Morgan fingerprint density at radius 1 is 1.48 bits per heavy atom. The Morgan fingerprint density at radius 3 is 2.79 bits per heavy atom. The molecule has 1 saturated heterocycles. The predicted molar refractivity (Wildman–Crippen MR) is 124 cm³/mol. The van der Waals surface area contributed by atoms with Crippen molar-refractivity contribution in [3.8, 4) is 0 Å². The molecule has 13 nitrogen and oxygen atoms in total. The highest BCUT2D eigenvalue weighted by Gasteiger charge is 2.54. The van der Waals surface area contributed by atoms with E-state index in [2.05, 4.69) is 20.2 Å². The molecular formula is C16H18N6O7S4. The Balaban J connectivity index is 1.69. The SMILES string of the molecule is CS(=O)(=O)NC/C=C\SC1=C(C(=O)O)N2C(=O)C(NC(=O)/C(=N\O)c3csc(N)n3)[C@H]2SC1. The highest BCUT2D eigenvalue weighted by molar-refractivity contribution is 8.08. The van der Waals surface area contributed by atoms with Crippen LogP contribution >= 0.6 is 34.9 Å². The zero-order valence-electron chi connectivity index (χ0n) is 16.8. The van der Waals surface area contributed by atoms with Gasteiger partial charge in [-0.05, 0) is 5.41 Å². The second-order valence-corrected chi connectivity index (χ2v) is 11.4. The van der Waals surface area contributed by atoms with Crippen LogP contribution in [0.3, 0.4) is 0 Å². The molecule has 0 spiro atoms. The van der Waals surface area contributed by atoms with Gasteiger partial charge >= 0.3 is 5.97 Å². The summed E-state index contributed by atoms with van der Waals surface area (Å²) in [6.45, 7) is 0.0351. The molecule has 0 saturated carbocycles. The molecule has 17 heteroatoms. The number of nitrogens with zero attached hydrogens (tertiary/aromatic N) is 3. The van der Waals surface area contributed by atoms with Crippen LogP contribution in [0.4, 0.5) is 5.13 Å². The van der Waals surface area contributed by atoms with E-state index in [0.717, 1.165) is 34.3 Å². The van der Waals surface area contributed by atoms with Crippen LogP contribution in [0, 0.1) is 0 Å². The normalized spacial score (nSPS) is 21.2. The van der Waals surface area contributed by atoms with Crippen molar-refractivity contribution in [1.29, 1.82) is 0 Å². The summed E-state index contributed by atoms with van der Waals surface area (Å²) in [7, 11) is -3.35. The molecule has 2 aliphatic heterocycles. The summed E-state index contributed by atoms with van der Waals surface area (Å²) in [5.74, 6) is -2.54. The minimum Gasteiger partial charge on any atom is -0.477 e. The average molecular weight is 535 g/mol. The number of rotatable bonds is 9. The van der Waals surface area contributed by atoms with Gasteiger partial charge < -0.3 is 21.4 Å². The van der Waals surface area contributed by atoms with Crippen LogP contribution < -0.4 is 15.8 Å². The van der Waals surface area contributed by atoms with Crippen molar-refractivity contribution < 1.29 is 33.1 Å². The van der Waals surface area contributed by atoms with E-state index in [1.54, 1.807) is 0 Å². The van der Waals surface area contributed by atoms with Crippen LogP contribution in [0.5, 0.6) is 0 Å². The molecule has 1 aromatic rings. The average Bonchev–Trinajstić information content (AvgIpc) is 3.16. The number of aromatic nitrogens is 1. The number of thiazole rings is 1. The van der Waals surface area contributed by atoms with Gasteiger partial charge in [-0.2, -0.15) is 0 Å². The lowest BCUT2D eigenvalue weighted by atomic mass is 10.0. The van der Waals surface area contributed by atoms with Crippen LogP contribution in [0.25, 0.3) is 0 Å². The van der Waals surface area contributed by atoms with Gasteiger partial charge in [0, 0.05) is 22.6 Å². The second kappa shape index (κ2) is 10.1. The number of carbonyl (C=O) groups is 3. The molecule has 3 rings (SSSR count). The molecule has 3 heterocycles. The van der Waals surface area contributed by atoms with E-state index in [4.69, 9.17) is 5.73 Å². The lowest BCUT2D eigenvalue weighted by Crippen LogP contribution is -2.71. The monoisotopic (exact) mass is 534 g/mol. The zero-order chi connectivity index (χ0) is 24.3. The summed E-state index contributed by atoms with van der Waals surface area (Å²) in [5, 5.41) is 26.7. The van der Waals surface area contributed by atoms with Gasteiger partial charge in [-0.3, -0.25) is 14.5 Å². The van der Waals surface area contributed by atoms with Crippen molar-refractivity contribution >= 4 is 73.5 Å². The Hall–Kier alpha value is -2.60. The maximum absolute atomic E-state index is 12.7. The van der Waals surface area contributed by atoms with E-state index in [-0.39, 0.29) is 28.8 Å². The maximum atomic E-state index is 12.7. The number of thioether (sulfide) groups is 2. The molecule has 1 unspecified atom stereocenters. The highest BCUT2D eigenvalue weighted by Crippen LogP contribution is 2.43. The van der Waals surface area contributed by atoms with Crippen molar-refractivity contribution in [2.45, 2.75) is 11.4 Å². The highest BCUT2D eigenvalue weighted by atomic mass is 32.2. The van der Waals surface area contributed by atoms with Crippen molar-refractivity contribution in [2.24, 2.45) is 5.16 Å². The van der Waals surface area contributed by atoms with Gasteiger partial charge in [0.15, 0.2) is 10.8 Å². The van der Waals surface area contributed by atoms with E-state index in [1.807, 2.05) is 0 Å². The number of hydrogen-bond donors (Lipinski definition) is 5. The number of β-lactam (4-membered cyclic amide) rings is 1. The molecular weight excluding hydrogens is 516 g/mol. The maximum Gasteiger partial charge on any atom is 0.353 e. The Labute approximate surface area is 200 Å². The Morgan fingerprint density at radius 2 is 2.21 bits per heavy atom. The minimum atomic E-state index is -3.35. The first-order valence-electron chi connectivity index (χ1n) is 8.95. The number of carbonyl (C=O) groups excluding carboxylic acids is 2. The lowest BCUT2D eigenvalue weighted by Gasteiger charge is -2.49. The lowest BCUT2D eigenvalue weighted by molar-refractivity contribution is -0.150. The van der Waals surface area contributed by atoms with Crippen LogP contribution in [0.15, 0.2) is 32.6 Å². The fraction of sp³-hybridized carbons (Fsp3) is 0.312. The van der Waals surface area contributed by atoms with E-state index < -0.39 is 44.9 Å². The van der Waals surface area contributed by atoms with Gasteiger partial charge in [0.25, 0.3) is 11.8 Å². The van der Waals surface area contributed by atoms with Gasteiger partial charge in [0.2, 0.25) is 10.0 Å². The molecule has 0 bridgehead atoms. The van der Waals surface area contributed by atoms with Gasteiger partial charge in [0.1, 0.15) is 22.8 Å². The number of amides is 2. The number of oxime groups is 1. The molecule has 0 radical (unpaired) electrons. The van der Waals surface area contributed by atoms with E-state index in [1.165, 1.54) is 28.6 Å². The number of nitrogen functional groups attached to an aromatic ring is 1. The third-order valence-corrected chi connectivity index (χ3v) is 8.05. The molecule has 1 aromatic heterocycles. The van der Waals surface area contributed by atoms with Crippen molar-refractivity contribution in [1.82, 2.24) is 19.9 Å². The number of hydrogen-bond acceptors (Lipinski definition) is 12. The Bertz CT molecular complexity index is 1180. The van der Waals surface area contributed by atoms with E-state index in [9.17, 15) is 33.1 Å². The third-order valence-electron chi connectivity index (χ3n) is 4.27. The molecule has 0 aromatic carbocycles. The number of anilines is 1. The van der Waals surface area contributed by atoms with Gasteiger partial charge in [-0.15, -0.1) is 23.1 Å². The van der Waals surface area contributed by atoms with Crippen molar-refractivity contribution in [2.75, 3.05) is 24.3 Å². The second-order valence-electron chi connectivity index (χ2n) is 6.57. The number of nitrogens with two attached hydrogens (primary N) is 1. The number of sulfonamides is 1. The number of carboxylic acids is 1. The van der Waals surface area contributed by atoms with E-state index >= 15 is 0 Å². The fourth-order valence-corrected chi connectivity index (χ4v) is 6.15. The quantitative estimate of drug-likeness (QED) is 0.117. The summed E-state index contributed by atoms with van der Waals surface area (Å²) in [6.07, 6.45) is 2.53. The smallest absolute Gasteiger partial charge is 0.353 e. The molecule has 1 fully saturated rings. The predicted octanol–water partition coefficient (Wildman–Crippen LogP) is -0.604. The molecule has 0 aliphatic carbocycles. The van der Waals surface area contributed by atoms with Gasteiger partial charge in [-0.25, -0.2) is 22.9 Å². The molecule has 2 atom stereocenters. The molecule has 2 aliphatic rings. The third kappa shape index (κ3) is 5.67. The topological polar surface area (TPSA) is 204 Å². The summed E-state index contributed by atoms with van der Waals surface area (Å²) >= 11 is 3.35. The van der Waals surface area contributed by atoms with E-state index in [0.29, 0.717) is 4.91 Å². The minimum absolute atomic E-state index is 0.0351. The summed E-state index contributed by atoms with van der Waals surface area (Å²) in [6, 6.07) is -1.02. The van der Waals surface area contributed by atoms with Crippen LogP contribution in [0.2, 0.25) is 0 Å². The fourth-order valence-electron chi connectivity index (χ4n) is 2.88. The Kier molecular flexibility index (Phi) is 7.68. The summed E-state index contributed by atoms with van der Waals surface area (Å²) in [4.78, 5) is 42.4. The zero-order valence-corrected chi connectivity index (χ0v) is 20.1. The van der Waals surface area contributed by atoms with Crippen LogP contribution in [-0.4, -0.2) is 82.1 Å². The first-order chi connectivity index (χ1) is 15.5. The molecule has 2 amide bonds. The van der Waals surface area contributed by atoms with Crippen molar-refractivity contribution in [3.63, 3.8) is 0 Å². The van der Waals surface area contributed by atoms with Crippen molar-refractivity contribution in [3.05, 3.63) is 33.2 Å². The van der Waals surface area contributed by atoms with Gasteiger partial charge in [0.05, 0.1) is 6.26 Å². The molecule has 6 N–H and O–H groups in total. The molecule has 178 valence electrons. The largest absolute Gasteiger partial charge is 0.477 e. The number of aliphatic carboxylic acids is 1. The molecule has 33 heavy (non-hydrogen) atoms.